The zero-order valence-electron chi connectivity index (χ0n) is 20.7. The summed E-state index contributed by atoms with van der Waals surface area (Å²) < 4.78 is 20.2. The van der Waals surface area contributed by atoms with Crippen LogP contribution in [0.15, 0.2) is 24.3 Å². The SMILES string of the molecule is CC=CC(=O)OCCOCC(O)CN1C(=O)N(CC(O)COCCOC(=O)C=CC)C(C)(C)C1=O. The molecule has 1 heterocycles. The number of amides is 3. The van der Waals surface area contributed by atoms with Crippen LogP contribution in [0.2, 0.25) is 0 Å². The fourth-order valence-corrected chi connectivity index (χ4v) is 3.12. The molecule has 2 N–H and O–H groups in total. The lowest BCUT2D eigenvalue weighted by Gasteiger charge is -2.29. The molecule has 2 unspecified atom stereocenters. The molecule has 0 radical (unpaired) electrons. The van der Waals surface area contributed by atoms with Gasteiger partial charge in [-0.15, -0.1) is 0 Å². The number of carbonyl (C=O) groups excluding carboxylic acids is 4. The predicted molar refractivity (Wildman–Crippen MR) is 123 cm³/mol. The highest BCUT2D eigenvalue weighted by molar-refractivity contribution is 6.06. The molecule has 0 aromatic rings. The van der Waals surface area contributed by atoms with Gasteiger partial charge in [-0.05, 0) is 27.7 Å². The highest BCUT2D eigenvalue weighted by Gasteiger charge is 2.51. The summed E-state index contributed by atoms with van der Waals surface area (Å²) >= 11 is 0. The first-order chi connectivity index (χ1) is 16.5. The molecule has 0 aliphatic carbocycles. The molecule has 2 atom stereocenters. The predicted octanol–water partition coefficient (Wildman–Crippen LogP) is 0.0228. The van der Waals surface area contributed by atoms with Gasteiger partial charge in [-0.1, -0.05) is 12.2 Å². The Balaban J connectivity index is 2.45. The minimum atomic E-state index is -1.23. The molecular weight excluding hydrogens is 464 g/mol. The van der Waals surface area contributed by atoms with Gasteiger partial charge < -0.3 is 34.1 Å². The quantitative estimate of drug-likeness (QED) is 0.128. The number of esters is 2. The molecule has 0 spiro atoms. The van der Waals surface area contributed by atoms with Crippen LogP contribution >= 0.6 is 0 Å². The van der Waals surface area contributed by atoms with Crippen LogP contribution in [0.3, 0.4) is 0 Å². The third-order valence-corrected chi connectivity index (χ3v) is 4.86. The summed E-state index contributed by atoms with van der Waals surface area (Å²) in [6.45, 7) is 5.79. The van der Waals surface area contributed by atoms with Gasteiger partial charge in [0.2, 0.25) is 0 Å². The standard InChI is InChI=1S/C23H36N2O10/c1-5-7-19(28)34-11-9-32-15-17(26)13-24-21(30)23(3,4)25(22(24)31)14-18(27)16-33-10-12-35-20(29)8-6-2/h5-8,17-18,26-27H,9-16H2,1-4H3. The first kappa shape index (κ1) is 30.2. The molecule has 35 heavy (non-hydrogen) atoms. The average molecular weight is 501 g/mol. The second kappa shape index (κ2) is 15.2. The summed E-state index contributed by atoms with van der Waals surface area (Å²) in [5.41, 5.74) is -1.23. The molecular formula is C23H36N2O10. The molecule has 1 fully saturated rings. The van der Waals surface area contributed by atoms with Crippen molar-refractivity contribution in [2.45, 2.75) is 45.4 Å². The summed E-state index contributed by atoms with van der Waals surface area (Å²) in [6.07, 6.45) is 3.38. The number of carbonyl (C=O) groups is 4. The fraction of sp³-hybridized carbons (Fsp3) is 0.652. The number of allylic oxidation sites excluding steroid dienone is 2. The Morgan fingerprint density at radius 2 is 1.31 bits per heavy atom. The van der Waals surface area contributed by atoms with Crippen molar-refractivity contribution in [2.24, 2.45) is 0 Å². The van der Waals surface area contributed by atoms with Crippen molar-refractivity contribution in [1.29, 1.82) is 0 Å². The molecule has 0 bridgehead atoms. The van der Waals surface area contributed by atoms with Crippen LogP contribution in [0.1, 0.15) is 27.7 Å². The average Bonchev–Trinajstić information content (AvgIpc) is 2.94. The van der Waals surface area contributed by atoms with Crippen molar-refractivity contribution in [2.75, 3.05) is 52.7 Å². The summed E-state index contributed by atoms with van der Waals surface area (Å²) in [5, 5.41) is 20.5. The van der Waals surface area contributed by atoms with Crippen molar-refractivity contribution in [3.63, 3.8) is 0 Å². The van der Waals surface area contributed by atoms with Gasteiger partial charge in [0.1, 0.15) is 18.8 Å². The largest absolute Gasteiger partial charge is 0.460 e. The molecule has 12 nitrogen and oxygen atoms in total. The van der Waals surface area contributed by atoms with E-state index in [4.69, 9.17) is 18.9 Å². The van der Waals surface area contributed by atoms with E-state index in [2.05, 4.69) is 0 Å². The molecule has 1 aliphatic heterocycles. The molecule has 0 aromatic carbocycles. The van der Waals surface area contributed by atoms with E-state index in [1.165, 1.54) is 17.1 Å². The number of urea groups is 1. The molecule has 1 saturated heterocycles. The number of hydrogen-bond acceptors (Lipinski definition) is 10. The van der Waals surface area contributed by atoms with Gasteiger partial charge in [-0.2, -0.15) is 0 Å². The Morgan fingerprint density at radius 3 is 1.77 bits per heavy atom. The van der Waals surface area contributed by atoms with Crippen molar-refractivity contribution in [1.82, 2.24) is 9.80 Å². The number of rotatable bonds is 16. The van der Waals surface area contributed by atoms with Crippen LogP contribution in [0.25, 0.3) is 0 Å². The zero-order valence-corrected chi connectivity index (χ0v) is 20.7. The second-order valence-electron chi connectivity index (χ2n) is 8.16. The van der Waals surface area contributed by atoms with Crippen LogP contribution in [0.4, 0.5) is 4.79 Å². The summed E-state index contributed by atoms with van der Waals surface area (Å²) in [6, 6.07) is -0.654. The van der Waals surface area contributed by atoms with Gasteiger partial charge in [0.25, 0.3) is 5.91 Å². The van der Waals surface area contributed by atoms with Gasteiger partial charge in [0.05, 0.1) is 51.7 Å². The number of imide groups is 1. The lowest BCUT2D eigenvalue weighted by Crippen LogP contribution is -2.48. The normalized spacial score (nSPS) is 17.4. The maximum atomic E-state index is 12.8. The summed E-state index contributed by atoms with van der Waals surface area (Å²) in [7, 11) is 0. The van der Waals surface area contributed by atoms with Crippen molar-refractivity contribution in [3.8, 4) is 0 Å². The highest BCUT2D eigenvalue weighted by Crippen LogP contribution is 2.28. The fourth-order valence-electron chi connectivity index (χ4n) is 3.12. The molecule has 1 aliphatic rings. The maximum absolute atomic E-state index is 12.8. The van der Waals surface area contributed by atoms with E-state index in [9.17, 15) is 29.4 Å². The van der Waals surface area contributed by atoms with E-state index in [1.807, 2.05) is 0 Å². The number of hydrogen-bond donors (Lipinski definition) is 2. The smallest absolute Gasteiger partial charge is 0.330 e. The molecule has 0 saturated carbocycles. The van der Waals surface area contributed by atoms with E-state index in [0.29, 0.717) is 0 Å². The lowest BCUT2D eigenvalue weighted by atomic mass is 10.0. The Morgan fingerprint density at radius 1 is 0.857 bits per heavy atom. The maximum Gasteiger partial charge on any atom is 0.330 e. The van der Waals surface area contributed by atoms with Gasteiger partial charge in [0, 0.05) is 12.2 Å². The van der Waals surface area contributed by atoms with E-state index in [0.717, 1.165) is 4.90 Å². The Bertz CT molecular complexity index is 780. The topological polar surface area (TPSA) is 152 Å². The number of β-amino-alcohol motifs (C(OH)–C–C–N with tert-alkyl or cyclic N) is 2. The Hall–Kier alpha value is -2.80. The van der Waals surface area contributed by atoms with Gasteiger partial charge >= 0.3 is 18.0 Å². The van der Waals surface area contributed by atoms with Crippen LogP contribution < -0.4 is 0 Å². The van der Waals surface area contributed by atoms with Crippen LogP contribution in [0.5, 0.6) is 0 Å². The Labute approximate surface area is 205 Å². The van der Waals surface area contributed by atoms with Crippen LogP contribution in [0, 0.1) is 0 Å². The minimum Gasteiger partial charge on any atom is -0.460 e. The van der Waals surface area contributed by atoms with Gasteiger partial charge in [-0.25, -0.2) is 14.4 Å². The first-order valence-corrected chi connectivity index (χ1v) is 11.3. The number of nitrogens with zero attached hydrogens (tertiary/aromatic N) is 2. The van der Waals surface area contributed by atoms with Gasteiger partial charge in [-0.3, -0.25) is 9.69 Å². The monoisotopic (exact) mass is 500 g/mol. The van der Waals surface area contributed by atoms with Crippen molar-refractivity contribution < 1.29 is 48.3 Å². The minimum absolute atomic E-state index is 0.00351. The third kappa shape index (κ3) is 10.1. The molecule has 1 rings (SSSR count). The van der Waals surface area contributed by atoms with Gasteiger partial charge in [0.15, 0.2) is 0 Å². The van der Waals surface area contributed by atoms with E-state index < -0.39 is 41.6 Å². The molecule has 0 aromatic heterocycles. The number of ether oxygens (including phenoxy) is 4. The number of aliphatic hydroxyl groups excluding tert-OH is 2. The summed E-state index contributed by atoms with van der Waals surface area (Å²) in [5.74, 6) is -1.53. The van der Waals surface area contributed by atoms with Crippen LogP contribution in [-0.2, 0) is 33.3 Å². The zero-order chi connectivity index (χ0) is 26.4. The first-order valence-electron chi connectivity index (χ1n) is 11.3. The molecule has 3 amide bonds. The van der Waals surface area contributed by atoms with E-state index in [1.54, 1.807) is 39.8 Å². The van der Waals surface area contributed by atoms with Crippen molar-refractivity contribution in [3.05, 3.63) is 24.3 Å². The summed E-state index contributed by atoms with van der Waals surface area (Å²) in [4.78, 5) is 50.1. The van der Waals surface area contributed by atoms with E-state index in [-0.39, 0.29) is 52.7 Å². The second-order valence-corrected chi connectivity index (χ2v) is 8.16. The third-order valence-electron chi connectivity index (χ3n) is 4.86. The highest BCUT2D eigenvalue weighted by atomic mass is 16.6. The van der Waals surface area contributed by atoms with Crippen LogP contribution in [-0.4, -0.2) is 114 Å². The molecule has 198 valence electrons. The number of aliphatic hydroxyl groups is 2. The van der Waals surface area contributed by atoms with Crippen molar-refractivity contribution >= 4 is 23.9 Å². The Kier molecular flexibility index (Phi) is 13.2. The lowest BCUT2D eigenvalue weighted by molar-refractivity contribution is -0.140. The molecule has 12 heteroatoms. The van der Waals surface area contributed by atoms with E-state index >= 15 is 0 Å².